The number of aromatic carboxylic acids is 1. The summed E-state index contributed by atoms with van der Waals surface area (Å²) in [7, 11) is 0. The van der Waals surface area contributed by atoms with Gasteiger partial charge in [-0.1, -0.05) is 0 Å². The summed E-state index contributed by atoms with van der Waals surface area (Å²) in [6, 6.07) is 2.88. The summed E-state index contributed by atoms with van der Waals surface area (Å²) in [5.41, 5.74) is -0.158. The molecule has 0 saturated carbocycles. The van der Waals surface area contributed by atoms with E-state index in [0.29, 0.717) is 0 Å². The fourth-order valence-corrected chi connectivity index (χ4v) is 1.12. The molecule has 1 aromatic rings. The van der Waals surface area contributed by atoms with Crippen molar-refractivity contribution in [3.05, 3.63) is 23.8 Å². The van der Waals surface area contributed by atoms with Crippen LogP contribution in [0.5, 0.6) is 5.75 Å². The molecule has 82 valence electrons. The molecule has 15 heavy (non-hydrogen) atoms. The molecule has 7 heteroatoms. The number of carboxylic acid groups (broad SMARTS) is 1. The van der Waals surface area contributed by atoms with Crippen LogP contribution in [0.1, 0.15) is 10.4 Å². The molecule has 1 rings (SSSR count). The highest BCUT2D eigenvalue weighted by Crippen LogP contribution is 2.29. The van der Waals surface area contributed by atoms with Crippen molar-refractivity contribution in [1.29, 1.82) is 0 Å². The Labute approximate surface area is 87.9 Å². The lowest BCUT2D eigenvalue weighted by Gasteiger charge is -2.10. The van der Waals surface area contributed by atoms with Gasteiger partial charge in [-0.2, -0.15) is 0 Å². The number of thiol groups is 1. The van der Waals surface area contributed by atoms with E-state index in [1.807, 2.05) is 0 Å². The maximum Gasteiger partial charge on any atom is 0.573 e. The third-order valence-electron chi connectivity index (χ3n) is 1.43. The molecule has 0 radical (unpaired) electrons. The Kier molecular flexibility index (Phi) is 3.13. The molecule has 0 aliphatic carbocycles. The van der Waals surface area contributed by atoms with E-state index in [9.17, 15) is 18.0 Å². The largest absolute Gasteiger partial charge is 0.573 e. The van der Waals surface area contributed by atoms with Crippen LogP contribution in [-0.4, -0.2) is 17.4 Å². The number of benzene rings is 1. The van der Waals surface area contributed by atoms with Crippen molar-refractivity contribution in [2.45, 2.75) is 11.3 Å². The van der Waals surface area contributed by atoms with Gasteiger partial charge in [-0.3, -0.25) is 0 Å². The minimum absolute atomic E-state index is 0.158. The molecule has 0 spiro atoms. The number of carboxylic acids is 1. The maximum absolute atomic E-state index is 11.8. The van der Waals surface area contributed by atoms with E-state index in [0.717, 1.165) is 18.2 Å². The van der Waals surface area contributed by atoms with Gasteiger partial charge in [0.25, 0.3) is 0 Å². The van der Waals surface area contributed by atoms with Crippen molar-refractivity contribution in [2.24, 2.45) is 0 Å². The third kappa shape index (κ3) is 3.35. The van der Waals surface area contributed by atoms with E-state index in [2.05, 4.69) is 17.4 Å². The van der Waals surface area contributed by atoms with Crippen LogP contribution in [0.2, 0.25) is 0 Å². The average Bonchev–Trinajstić information content (AvgIpc) is 2.05. The Morgan fingerprint density at radius 3 is 2.40 bits per heavy atom. The van der Waals surface area contributed by atoms with Gasteiger partial charge in [-0.05, 0) is 18.2 Å². The summed E-state index contributed by atoms with van der Waals surface area (Å²) < 4.78 is 39.0. The summed E-state index contributed by atoms with van der Waals surface area (Å²) in [6.07, 6.45) is -4.82. The first-order valence-corrected chi connectivity index (χ1v) is 4.06. The fraction of sp³-hybridized carbons (Fsp3) is 0.125. The highest BCUT2D eigenvalue weighted by atomic mass is 32.1. The molecule has 0 aliphatic rings. The molecule has 1 N–H and O–H groups in total. The lowest BCUT2D eigenvalue weighted by molar-refractivity contribution is -0.275. The molecule has 3 nitrogen and oxygen atoms in total. The predicted molar refractivity (Wildman–Crippen MR) is 47.3 cm³/mol. The lowest BCUT2D eigenvalue weighted by atomic mass is 10.2. The Morgan fingerprint density at radius 1 is 1.40 bits per heavy atom. The van der Waals surface area contributed by atoms with Crippen molar-refractivity contribution in [2.75, 3.05) is 0 Å². The Morgan fingerprint density at radius 2 is 2.00 bits per heavy atom. The van der Waals surface area contributed by atoms with Crippen LogP contribution < -0.4 is 4.74 Å². The quantitative estimate of drug-likeness (QED) is 0.778. The molecular weight excluding hydrogens is 233 g/mol. The minimum Gasteiger partial charge on any atom is -0.478 e. The smallest absolute Gasteiger partial charge is 0.478 e. The molecule has 0 atom stereocenters. The highest BCUT2D eigenvalue weighted by Gasteiger charge is 2.31. The fourth-order valence-electron chi connectivity index (χ4n) is 0.861. The van der Waals surface area contributed by atoms with Gasteiger partial charge in [0.2, 0.25) is 0 Å². The maximum atomic E-state index is 11.8. The molecule has 0 amide bonds. The van der Waals surface area contributed by atoms with Crippen LogP contribution in [0.3, 0.4) is 0 Å². The van der Waals surface area contributed by atoms with Crippen molar-refractivity contribution < 1.29 is 27.8 Å². The first-order chi connectivity index (χ1) is 6.79. The number of alkyl halides is 3. The number of hydrogen-bond donors (Lipinski definition) is 2. The molecule has 0 aliphatic heterocycles. The normalized spacial score (nSPS) is 11.2. The molecule has 0 fully saturated rings. The molecule has 1 aromatic carbocycles. The Bertz CT molecular complexity index is 389. The van der Waals surface area contributed by atoms with Crippen molar-refractivity contribution in [1.82, 2.24) is 0 Å². The summed E-state index contributed by atoms with van der Waals surface area (Å²) >= 11 is 3.69. The molecular formula is C8H5F3O3S. The average molecular weight is 238 g/mol. The number of carbonyl (C=O) groups is 1. The second-order valence-electron chi connectivity index (χ2n) is 2.54. The van der Waals surface area contributed by atoms with Gasteiger partial charge in [0.05, 0.1) is 5.56 Å². The van der Waals surface area contributed by atoms with Crippen LogP contribution >= 0.6 is 12.6 Å². The second-order valence-corrected chi connectivity index (χ2v) is 3.02. The standard InChI is InChI=1S/C8H5F3O3S/c9-8(10,11)14-5-2-1-4(7(12)13)3-6(5)15/h1-3,15H,(H,12,13). The van der Waals surface area contributed by atoms with E-state index in [-0.39, 0.29) is 10.5 Å². The van der Waals surface area contributed by atoms with E-state index in [1.54, 1.807) is 0 Å². The highest BCUT2D eigenvalue weighted by molar-refractivity contribution is 7.80. The molecule has 0 unspecified atom stereocenters. The zero-order valence-corrected chi connectivity index (χ0v) is 7.97. The van der Waals surface area contributed by atoms with Gasteiger partial charge in [0.15, 0.2) is 0 Å². The van der Waals surface area contributed by atoms with Gasteiger partial charge < -0.3 is 9.84 Å². The van der Waals surface area contributed by atoms with Crippen LogP contribution in [0.15, 0.2) is 23.1 Å². The van der Waals surface area contributed by atoms with Crippen LogP contribution in [-0.2, 0) is 0 Å². The first-order valence-electron chi connectivity index (χ1n) is 3.61. The van der Waals surface area contributed by atoms with Crippen LogP contribution in [0, 0.1) is 0 Å². The molecule has 0 aromatic heterocycles. The van der Waals surface area contributed by atoms with Crippen molar-refractivity contribution in [3.8, 4) is 5.75 Å². The van der Waals surface area contributed by atoms with Gasteiger partial charge in [-0.25, -0.2) is 4.79 Å². The topological polar surface area (TPSA) is 46.5 Å². The van der Waals surface area contributed by atoms with Gasteiger partial charge >= 0.3 is 12.3 Å². The number of ether oxygens (including phenoxy) is 1. The van der Waals surface area contributed by atoms with E-state index in [1.165, 1.54) is 0 Å². The van der Waals surface area contributed by atoms with Crippen molar-refractivity contribution >= 4 is 18.6 Å². The van der Waals surface area contributed by atoms with Gasteiger partial charge in [0, 0.05) is 4.90 Å². The molecule has 0 heterocycles. The second kappa shape index (κ2) is 4.01. The van der Waals surface area contributed by atoms with E-state index in [4.69, 9.17) is 5.11 Å². The molecule has 0 bridgehead atoms. The van der Waals surface area contributed by atoms with Crippen LogP contribution in [0.25, 0.3) is 0 Å². The predicted octanol–water partition coefficient (Wildman–Crippen LogP) is 2.57. The van der Waals surface area contributed by atoms with Crippen LogP contribution in [0.4, 0.5) is 13.2 Å². The summed E-state index contributed by atoms with van der Waals surface area (Å²) in [4.78, 5) is 10.3. The van der Waals surface area contributed by atoms with Gasteiger partial charge in [0.1, 0.15) is 5.75 Å². The zero-order valence-electron chi connectivity index (χ0n) is 7.08. The summed E-state index contributed by atoms with van der Waals surface area (Å²) in [6.45, 7) is 0. The number of hydrogen-bond acceptors (Lipinski definition) is 3. The van der Waals surface area contributed by atoms with Crippen molar-refractivity contribution in [3.63, 3.8) is 0 Å². The number of rotatable bonds is 2. The van der Waals surface area contributed by atoms with E-state index < -0.39 is 18.1 Å². The Hall–Kier alpha value is -1.37. The first kappa shape index (κ1) is 11.7. The number of halogens is 3. The molecule has 0 saturated heterocycles. The minimum atomic E-state index is -4.82. The Balaban J connectivity index is 2.99. The summed E-state index contributed by atoms with van der Waals surface area (Å²) in [5, 5.41) is 8.54. The SMILES string of the molecule is O=C(O)c1ccc(OC(F)(F)F)c(S)c1. The monoisotopic (exact) mass is 238 g/mol. The lowest BCUT2D eigenvalue weighted by Crippen LogP contribution is -2.17. The van der Waals surface area contributed by atoms with Gasteiger partial charge in [-0.15, -0.1) is 25.8 Å². The summed E-state index contributed by atoms with van der Waals surface area (Å²) in [5.74, 6) is -1.78. The zero-order chi connectivity index (χ0) is 11.6. The third-order valence-corrected chi connectivity index (χ3v) is 1.78. The van der Waals surface area contributed by atoms with E-state index >= 15 is 0 Å².